The van der Waals surface area contributed by atoms with E-state index in [9.17, 15) is 8.42 Å². The molecule has 118 valence electrons. The lowest BCUT2D eigenvalue weighted by molar-refractivity contribution is 0.420. The molecule has 4 nitrogen and oxygen atoms in total. The Morgan fingerprint density at radius 3 is 2.57 bits per heavy atom. The molecule has 3 N–H and O–H groups in total. The van der Waals surface area contributed by atoms with Gasteiger partial charge in [0, 0.05) is 22.9 Å². The molecule has 1 aromatic carbocycles. The van der Waals surface area contributed by atoms with Gasteiger partial charge in [-0.15, -0.1) is 0 Å². The molecule has 21 heavy (non-hydrogen) atoms. The van der Waals surface area contributed by atoms with Gasteiger partial charge < -0.3 is 5.73 Å². The Hall–Kier alpha value is -0.270. The maximum absolute atomic E-state index is 12.4. The molecule has 0 amide bonds. The molecular formula is C14H21ClN2O2S2. The monoisotopic (exact) mass is 348 g/mol. The second-order valence-electron chi connectivity index (χ2n) is 5.29. The van der Waals surface area contributed by atoms with Crippen molar-refractivity contribution in [1.82, 2.24) is 4.72 Å². The standard InChI is InChI=1S/C14H21ClN2O2S2/c1-20-12-4-2-11(3-5-12)17-21(18,19)13-6-7-14(15)10(8-13)9-16/h6-8,11-12,17H,2-5,9,16H2,1H3. The van der Waals surface area contributed by atoms with Gasteiger partial charge in [0.1, 0.15) is 0 Å². The molecule has 0 radical (unpaired) electrons. The maximum atomic E-state index is 12.4. The lowest BCUT2D eigenvalue weighted by Crippen LogP contribution is -2.38. The number of sulfonamides is 1. The molecule has 0 atom stereocenters. The van der Waals surface area contributed by atoms with E-state index in [0.717, 1.165) is 25.7 Å². The quantitative estimate of drug-likeness (QED) is 0.858. The molecule has 1 aliphatic rings. The van der Waals surface area contributed by atoms with E-state index < -0.39 is 10.0 Å². The average molecular weight is 349 g/mol. The number of benzene rings is 1. The Bertz CT molecular complexity index is 585. The van der Waals surface area contributed by atoms with Gasteiger partial charge in [-0.1, -0.05) is 11.6 Å². The third-order valence-electron chi connectivity index (χ3n) is 3.88. The van der Waals surface area contributed by atoms with E-state index in [4.69, 9.17) is 17.3 Å². The predicted molar refractivity (Wildman–Crippen MR) is 89.2 cm³/mol. The van der Waals surface area contributed by atoms with E-state index in [1.165, 1.54) is 6.07 Å². The largest absolute Gasteiger partial charge is 0.326 e. The van der Waals surface area contributed by atoms with Gasteiger partial charge in [-0.25, -0.2) is 13.1 Å². The van der Waals surface area contributed by atoms with Gasteiger partial charge in [-0.3, -0.25) is 0 Å². The van der Waals surface area contributed by atoms with Gasteiger partial charge in [0.15, 0.2) is 0 Å². The molecule has 0 aromatic heterocycles. The van der Waals surface area contributed by atoms with Crippen LogP contribution < -0.4 is 10.5 Å². The zero-order valence-electron chi connectivity index (χ0n) is 12.0. The molecule has 0 aliphatic heterocycles. The minimum Gasteiger partial charge on any atom is -0.326 e. The Morgan fingerprint density at radius 1 is 1.33 bits per heavy atom. The van der Waals surface area contributed by atoms with E-state index in [1.54, 1.807) is 12.1 Å². The first-order valence-corrected chi connectivity index (χ1v) is 10.1. The van der Waals surface area contributed by atoms with Gasteiger partial charge in [-0.2, -0.15) is 11.8 Å². The van der Waals surface area contributed by atoms with Crippen LogP contribution in [0.4, 0.5) is 0 Å². The second-order valence-corrected chi connectivity index (χ2v) is 8.55. The van der Waals surface area contributed by atoms with Gasteiger partial charge in [0.2, 0.25) is 10.0 Å². The Morgan fingerprint density at radius 2 is 2.00 bits per heavy atom. The molecule has 0 bridgehead atoms. The van der Waals surface area contributed by atoms with Crippen molar-refractivity contribution in [3.63, 3.8) is 0 Å². The van der Waals surface area contributed by atoms with Crippen molar-refractivity contribution in [2.75, 3.05) is 6.26 Å². The molecule has 0 spiro atoms. The van der Waals surface area contributed by atoms with Gasteiger partial charge >= 0.3 is 0 Å². The summed E-state index contributed by atoms with van der Waals surface area (Å²) >= 11 is 7.84. The maximum Gasteiger partial charge on any atom is 0.240 e. The van der Waals surface area contributed by atoms with Crippen LogP contribution in [-0.4, -0.2) is 26.0 Å². The minimum absolute atomic E-state index is 0.0235. The van der Waals surface area contributed by atoms with Crippen LogP contribution in [0.2, 0.25) is 5.02 Å². The van der Waals surface area contributed by atoms with Crippen molar-refractivity contribution in [1.29, 1.82) is 0 Å². The normalized spacial score (nSPS) is 23.2. The highest BCUT2D eigenvalue weighted by Crippen LogP contribution is 2.28. The van der Waals surface area contributed by atoms with Gasteiger partial charge in [0.05, 0.1) is 4.90 Å². The smallest absolute Gasteiger partial charge is 0.240 e. The third kappa shape index (κ3) is 4.36. The fourth-order valence-corrected chi connectivity index (χ4v) is 4.87. The van der Waals surface area contributed by atoms with Gasteiger partial charge in [-0.05, 0) is 55.7 Å². The van der Waals surface area contributed by atoms with Crippen LogP contribution in [0.1, 0.15) is 31.2 Å². The minimum atomic E-state index is -3.50. The van der Waals surface area contributed by atoms with Crippen molar-refractivity contribution in [2.45, 2.75) is 48.4 Å². The summed E-state index contributed by atoms with van der Waals surface area (Å²) in [6.45, 7) is 0.223. The molecule has 0 heterocycles. The summed E-state index contributed by atoms with van der Waals surface area (Å²) in [6, 6.07) is 4.69. The topological polar surface area (TPSA) is 72.2 Å². The van der Waals surface area contributed by atoms with Crippen LogP contribution in [-0.2, 0) is 16.6 Å². The molecule has 1 saturated carbocycles. The first kappa shape index (κ1) is 17.1. The van der Waals surface area contributed by atoms with Gasteiger partial charge in [0.25, 0.3) is 0 Å². The summed E-state index contributed by atoms with van der Waals surface area (Å²) in [7, 11) is -3.50. The number of nitrogens with one attached hydrogen (secondary N) is 1. The van der Waals surface area contributed by atoms with Crippen molar-refractivity contribution in [3.8, 4) is 0 Å². The molecule has 0 saturated heterocycles. The SMILES string of the molecule is CSC1CCC(NS(=O)(=O)c2ccc(Cl)c(CN)c2)CC1. The van der Waals surface area contributed by atoms with Crippen molar-refractivity contribution in [3.05, 3.63) is 28.8 Å². The Balaban J connectivity index is 2.08. The molecule has 1 aliphatic carbocycles. The fraction of sp³-hybridized carbons (Fsp3) is 0.571. The van der Waals surface area contributed by atoms with E-state index in [0.29, 0.717) is 15.8 Å². The first-order valence-electron chi connectivity index (χ1n) is 7.00. The average Bonchev–Trinajstić information content (AvgIpc) is 2.48. The number of nitrogens with two attached hydrogens (primary N) is 1. The third-order valence-corrected chi connectivity index (χ3v) is 6.90. The zero-order valence-corrected chi connectivity index (χ0v) is 14.4. The molecule has 1 aromatic rings. The van der Waals surface area contributed by atoms with E-state index in [2.05, 4.69) is 11.0 Å². The van der Waals surface area contributed by atoms with E-state index in [1.807, 2.05) is 11.8 Å². The highest BCUT2D eigenvalue weighted by Gasteiger charge is 2.25. The Kier molecular flexibility index (Phi) is 5.96. The molecular weight excluding hydrogens is 328 g/mol. The fourth-order valence-electron chi connectivity index (χ4n) is 2.58. The number of thioether (sulfide) groups is 1. The summed E-state index contributed by atoms with van der Waals surface area (Å²) in [4.78, 5) is 0.235. The highest BCUT2D eigenvalue weighted by atomic mass is 35.5. The highest BCUT2D eigenvalue weighted by molar-refractivity contribution is 7.99. The van der Waals surface area contributed by atoms with E-state index >= 15 is 0 Å². The molecule has 1 fully saturated rings. The number of halogens is 1. The molecule has 7 heteroatoms. The van der Waals surface area contributed by atoms with Crippen LogP contribution in [0.5, 0.6) is 0 Å². The second kappa shape index (κ2) is 7.33. The summed E-state index contributed by atoms with van der Waals surface area (Å²) in [5, 5.41) is 1.15. The summed E-state index contributed by atoms with van der Waals surface area (Å²) in [5.74, 6) is 0. The van der Waals surface area contributed by atoms with Crippen LogP contribution in [0.15, 0.2) is 23.1 Å². The zero-order chi connectivity index (χ0) is 15.5. The van der Waals surface area contributed by atoms with Crippen molar-refractivity contribution >= 4 is 33.4 Å². The Labute approximate surface area is 135 Å². The molecule has 2 rings (SSSR count). The van der Waals surface area contributed by atoms with E-state index in [-0.39, 0.29) is 17.5 Å². The number of hydrogen-bond acceptors (Lipinski definition) is 4. The van der Waals surface area contributed by atoms with Crippen molar-refractivity contribution < 1.29 is 8.42 Å². The number of rotatable bonds is 5. The van der Waals surface area contributed by atoms with Crippen LogP contribution >= 0.6 is 23.4 Å². The summed E-state index contributed by atoms with van der Waals surface area (Å²) in [6.07, 6.45) is 6.01. The van der Waals surface area contributed by atoms with Crippen molar-refractivity contribution in [2.24, 2.45) is 5.73 Å². The summed E-state index contributed by atoms with van der Waals surface area (Å²) < 4.78 is 27.7. The van der Waals surface area contributed by atoms with Crippen LogP contribution in [0.25, 0.3) is 0 Å². The van der Waals surface area contributed by atoms with Crippen LogP contribution in [0.3, 0.4) is 0 Å². The summed E-state index contributed by atoms with van der Waals surface area (Å²) in [5.41, 5.74) is 6.22. The van der Waals surface area contributed by atoms with Crippen LogP contribution in [0, 0.1) is 0 Å². The predicted octanol–water partition coefficient (Wildman–Crippen LogP) is 2.75. The first-order chi connectivity index (χ1) is 9.96. The lowest BCUT2D eigenvalue weighted by Gasteiger charge is -2.27. The number of hydrogen-bond donors (Lipinski definition) is 2. The molecule has 0 unspecified atom stereocenters. The lowest BCUT2D eigenvalue weighted by atomic mass is 9.96.